The van der Waals surface area contributed by atoms with Crippen LogP contribution in [-0.2, 0) is 12.7 Å². The maximum Gasteiger partial charge on any atom is 0.449 e. The number of hydrogen-bond acceptors (Lipinski definition) is 2. The van der Waals surface area contributed by atoms with Gasteiger partial charge in [-0.15, -0.1) is 0 Å². The topological polar surface area (TPSA) is 30.2 Å². The number of imidazole rings is 1. The lowest BCUT2D eigenvalue weighted by atomic mass is 10.2. The number of aromatic nitrogens is 2. The minimum absolute atomic E-state index is 0.0960. The number of aliphatic imine (C=N–C) groups is 1. The van der Waals surface area contributed by atoms with E-state index in [2.05, 4.69) is 9.98 Å². The molecule has 1 heterocycles. The van der Waals surface area contributed by atoms with E-state index >= 15 is 0 Å². The van der Waals surface area contributed by atoms with Crippen molar-refractivity contribution in [1.82, 2.24) is 9.55 Å². The maximum atomic E-state index is 13.5. The van der Waals surface area contributed by atoms with Crippen LogP contribution in [0.15, 0.2) is 83.9 Å². The van der Waals surface area contributed by atoms with Crippen LogP contribution in [0.2, 0.25) is 0 Å². The van der Waals surface area contributed by atoms with Crippen molar-refractivity contribution in [2.45, 2.75) is 12.7 Å². The van der Waals surface area contributed by atoms with E-state index in [4.69, 9.17) is 0 Å². The van der Waals surface area contributed by atoms with Crippen LogP contribution >= 0.6 is 0 Å². The summed E-state index contributed by atoms with van der Waals surface area (Å²) in [6.45, 7) is 0.0960. The maximum absolute atomic E-state index is 13.5. The molecule has 0 aliphatic rings. The Labute approximate surface area is 159 Å². The molecule has 4 rings (SSSR count). The summed E-state index contributed by atoms with van der Waals surface area (Å²) in [5, 5.41) is 0. The van der Waals surface area contributed by atoms with Crippen molar-refractivity contribution in [2.24, 2.45) is 4.99 Å². The Kier molecular flexibility index (Phi) is 4.69. The van der Waals surface area contributed by atoms with Crippen LogP contribution in [0.5, 0.6) is 0 Å². The second kappa shape index (κ2) is 7.31. The lowest BCUT2D eigenvalue weighted by molar-refractivity contribution is -0.146. The van der Waals surface area contributed by atoms with Crippen molar-refractivity contribution in [2.75, 3.05) is 0 Å². The normalized spacial score (nSPS) is 12.1. The van der Waals surface area contributed by atoms with E-state index in [1.807, 2.05) is 36.4 Å². The predicted molar refractivity (Wildman–Crippen MR) is 104 cm³/mol. The van der Waals surface area contributed by atoms with Crippen LogP contribution in [0.3, 0.4) is 0 Å². The number of fused-ring (bicyclic) bond motifs is 1. The van der Waals surface area contributed by atoms with Gasteiger partial charge < -0.3 is 4.57 Å². The van der Waals surface area contributed by atoms with Gasteiger partial charge in [-0.25, -0.2) is 4.98 Å². The molecular weight excluding hydrogens is 363 g/mol. The van der Waals surface area contributed by atoms with E-state index < -0.39 is 12.0 Å². The molecule has 0 saturated carbocycles. The van der Waals surface area contributed by atoms with Gasteiger partial charge in [-0.1, -0.05) is 60.7 Å². The zero-order valence-electron chi connectivity index (χ0n) is 14.8. The molecule has 0 spiro atoms. The zero-order valence-corrected chi connectivity index (χ0v) is 14.8. The average Bonchev–Trinajstić information content (AvgIpc) is 3.06. The van der Waals surface area contributed by atoms with Gasteiger partial charge in [0.25, 0.3) is 0 Å². The van der Waals surface area contributed by atoms with Gasteiger partial charge in [0.2, 0.25) is 5.82 Å². The summed E-state index contributed by atoms with van der Waals surface area (Å²) in [5.41, 5.74) is 2.93. The summed E-state index contributed by atoms with van der Waals surface area (Å²) >= 11 is 0. The minimum atomic E-state index is -4.54. The highest BCUT2D eigenvalue weighted by Crippen LogP contribution is 2.33. The number of halogens is 3. The van der Waals surface area contributed by atoms with Gasteiger partial charge in [0.1, 0.15) is 0 Å². The Balaban J connectivity index is 1.74. The summed E-state index contributed by atoms with van der Waals surface area (Å²) in [4.78, 5) is 8.22. The average molecular weight is 379 g/mol. The minimum Gasteiger partial charge on any atom is -0.316 e. The molecule has 0 atom stereocenters. The van der Waals surface area contributed by atoms with Crippen LogP contribution in [0, 0.1) is 0 Å². The van der Waals surface area contributed by atoms with Crippen molar-refractivity contribution in [3.8, 4) is 0 Å². The molecule has 28 heavy (non-hydrogen) atoms. The third-order valence-corrected chi connectivity index (χ3v) is 4.33. The molecule has 140 valence electrons. The molecule has 0 N–H and O–H groups in total. The molecule has 3 aromatic carbocycles. The summed E-state index contributed by atoms with van der Waals surface area (Å²) in [5.74, 6) is -0.907. The molecule has 1 aromatic heterocycles. The van der Waals surface area contributed by atoms with Crippen molar-refractivity contribution < 1.29 is 13.2 Å². The first kappa shape index (κ1) is 18.0. The molecule has 0 fully saturated rings. The first-order valence-electron chi connectivity index (χ1n) is 8.71. The zero-order chi connectivity index (χ0) is 19.6. The predicted octanol–water partition coefficient (Wildman–Crippen LogP) is 5.85. The molecule has 0 aliphatic carbocycles. The molecule has 0 radical (unpaired) electrons. The third-order valence-electron chi connectivity index (χ3n) is 4.33. The first-order valence-corrected chi connectivity index (χ1v) is 8.71. The second-order valence-corrected chi connectivity index (χ2v) is 6.35. The van der Waals surface area contributed by atoms with Crippen molar-refractivity contribution in [3.63, 3.8) is 0 Å². The van der Waals surface area contributed by atoms with Crippen LogP contribution in [-0.4, -0.2) is 15.8 Å². The molecule has 0 aliphatic heterocycles. The van der Waals surface area contributed by atoms with Gasteiger partial charge in [0, 0.05) is 12.8 Å². The van der Waals surface area contributed by atoms with Crippen LogP contribution in [0.25, 0.3) is 11.0 Å². The number of alkyl halides is 3. The first-order chi connectivity index (χ1) is 13.5. The molecule has 3 nitrogen and oxygen atoms in total. The molecule has 0 amide bonds. The monoisotopic (exact) mass is 379 g/mol. The van der Waals surface area contributed by atoms with Gasteiger partial charge in [0.05, 0.1) is 16.7 Å². The van der Waals surface area contributed by atoms with Crippen molar-refractivity contribution in [1.29, 1.82) is 0 Å². The molecule has 0 bridgehead atoms. The van der Waals surface area contributed by atoms with E-state index in [1.165, 1.54) is 4.57 Å². The standard InChI is InChI=1S/C22H16F3N3/c23-22(24,25)21-27-19-13-18(26-14-16-7-3-1-4-8-16)11-12-20(19)28(21)15-17-9-5-2-6-10-17/h1-14H,15H2. The van der Waals surface area contributed by atoms with E-state index in [9.17, 15) is 13.2 Å². The Morgan fingerprint density at radius 3 is 2.25 bits per heavy atom. The Bertz CT molecular complexity index is 1110. The SMILES string of the molecule is FC(F)(F)c1nc2cc(N=Cc3ccccc3)ccc2n1Cc1ccccc1. The fourth-order valence-electron chi connectivity index (χ4n) is 3.03. The number of benzene rings is 3. The smallest absolute Gasteiger partial charge is 0.316 e. The lowest BCUT2D eigenvalue weighted by Gasteiger charge is -2.11. The van der Waals surface area contributed by atoms with E-state index in [1.54, 1.807) is 48.7 Å². The van der Waals surface area contributed by atoms with Crippen LogP contribution < -0.4 is 0 Å². The van der Waals surface area contributed by atoms with Gasteiger partial charge in [-0.2, -0.15) is 13.2 Å². The molecule has 6 heteroatoms. The Morgan fingerprint density at radius 2 is 1.57 bits per heavy atom. The molecular formula is C22H16F3N3. The number of rotatable bonds is 4. The van der Waals surface area contributed by atoms with E-state index in [0.29, 0.717) is 11.2 Å². The quantitative estimate of drug-likeness (QED) is 0.409. The van der Waals surface area contributed by atoms with E-state index in [0.717, 1.165) is 11.1 Å². The summed E-state index contributed by atoms with van der Waals surface area (Å²) in [7, 11) is 0. The van der Waals surface area contributed by atoms with Crippen molar-refractivity contribution in [3.05, 3.63) is 95.8 Å². The highest BCUT2D eigenvalue weighted by molar-refractivity contribution is 5.85. The summed E-state index contributed by atoms with van der Waals surface area (Å²) in [6.07, 6.45) is -2.87. The third kappa shape index (κ3) is 3.81. The molecule has 4 aromatic rings. The Morgan fingerprint density at radius 1 is 0.893 bits per heavy atom. The van der Waals surface area contributed by atoms with Crippen LogP contribution in [0.4, 0.5) is 18.9 Å². The second-order valence-electron chi connectivity index (χ2n) is 6.35. The Hall–Kier alpha value is -3.41. The van der Waals surface area contributed by atoms with Gasteiger partial charge in [0.15, 0.2) is 0 Å². The highest BCUT2D eigenvalue weighted by atomic mass is 19.4. The molecule has 0 unspecified atom stereocenters. The summed E-state index contributed by atoms with van der Waals surface area (Å²) < 4.78 is 41.8. The van der Waals surface area contributed by atoms with Crippen molar-refractivity contribution >= 4 is 22.9 Å². The largest absolute Gasteiger partial charge is 0.449 e. The molecule has 0 saturated heterocycles. The summed E-state index contributed by atoms with van der Waals surface area (Å²) in [6, 6.07) is 23.4. The van der Waals surface area contributed by atoms with E-state index in [-0.39, 0.29) is 12.1 Å². The number of nitrogens with zero attached hydrogens (tertiary/aromatic N) is 3. The fourth-order valence-corrected chi connectivity index (χ4v) is 3.03. The lowest BCUT2D eigenvalue weighted by Crippen LogP contribution is -2.15. The van der Waals surface area contributed by atoms with Crippen LogP contribution in [0.1, 0.15) is 17.0 Å². The highest BCUT2D eigenvalue weighted by Gasteiger charge is 2.37. The van der Waals surface area contributed by atoms with Gasteiger partial charge >= 0.3 is 6.18 Å². The number of hydrogen-bond donors (Lipinski definition) is 0. The fraction of sp³-hybridized carbons (Fsp3) is 0.0909. The van der Waals surface area contributed by atoms with Gasteiger partial charge in [-0.3, -0.25) is 4.99 Å². The van der Waals surface area contributed by atoms with Gasteiger partial charge in [-0.05, 0) is 29.3 Å².